The Hall–Kier alpha value is -1.01. The Balaban J connectivity index is 2.18. The molecular weight excluding hydrogens is 256 g/mol. The highest BCUT2D eigenvalue weighted by Crippen LogP contribution is 2.48. The van der Waals surface area contributed by atoms with E-state index in [1.54, 1.807) is 10.6 Å². The van der Waals surface area contributed by atoms with E-state index in [0.717, 1.165) is 23.4 Å². The molecular formula is C11H12N2O2S2. The van der Waals surface area contributed by atoms with E-state index >= 15 is 0 Å². The number of nitrogens with one attached hydrogen (secondary N) is 1. The molecule has 0 aliphatic heterocycles. The number of thiophene rings is 1. The summed E-state index contributed by atoms with van der Waals surface area (Å²) in [4.78, 5) is 26.6. The molecule has 2 heterocycles. The van der Waals surface area contributed by atoms with E-state index in [4.69, 9.17) is 0 Å². The van der Waals surface area contributed by atoms with Crippen molar-refractivity contribution in [1.82, 2.24) is 9.55 Å². The van der Waals surface area contributed by atoms with Gasteiger partial charge >= 0.3 is 5.69 Å². The molecule has 90 valence electrons. The predicted molar refractivity (Wildman–Crippen MR) is 72.2 cm³/mol. The van der Waals surface area contributed by atoms with Crippen LogP contribution in [0.2, 0.25) is 0 Å². The Bertz CT molecular complexity index is 679. The molecule has 0 unspecified atom stereocenters. The first-order valence-corrected chi connectivity index (χ1v) is 6.98. The molecule has 4 nitrogen and oxygen atoms in total. The van der Waals surface area contributed by atoms with Gasteiger partial charge in [-0.05, 0) is 35.5 Å². The van der Waals surface area contributed by atoms with Crippen LogP contribution in [0.5, 0.6) is 0 Å². The standard InChI is InChI=1S/C11H12N2O2S2/c14-8-7-1-4-17-9(7)13(10(15)12-8)5-11(6-16)2-3-11/h1,4,16H,2-3,5-6H2,(H,12,14,15). The average Bonchev–Trinajstić information content (AvgIpc) is 2.90. The third kappa shape index (κ3) is 1.75. The largest absolute Gasteiger partial charge is 0.329 e. The molecule has 3 rings (SSSR count). The van der Waals surface area contributed by atoms with Crippen molar-refractivity contribution in [2.24, 2.45) is 5.41 Å². The molecule has 2 aromatic heterocycles. The maximum atomic E-state index is 11.9. The molecule has 1 N–H and O–H groups in total. The van der Waals surface area contributed by atoms with Gasteiger partial charge in [-0.2, -0.15) is 12.6 Å². The third-order valence-electron chi connectivity index (χ3n) is 3.39. The van der Waals surface area contributed by atoms with Crippen LogP contribution in [0.25, 0.3) is 10.2 Å². The molecule has 0 saturated heterocycles. The minimum absolute atomic E-state index is 0.155. The first kappa shape index (κ1) is 11.1. The summed E-state index contributed by atoms with van der Waals surface area (Å²) in [5, 5.41) is 2.44. The van der Waals surface area contributed by atoms with Crippen molar-refractivity contribution in [3.8, 4) is 0 Å². The number of fused-ring (bicyclic) bond motifs is 1. The van der Waals surface area contributed by atoms with Gasteiger partial charge in [-0.15, -0.1) is 11.3 Å². The number of rotatable bonds is 3. The third-order valence-corrected chi connectivity index (χ3v) is 4.99. The summed E-state index contributed by atoms with van der Waals surface area (Å²) in [7, 11) is 0. The summed E-state index contributed by atoms with van der Waals surface area (Å²) in [5.74, 6) is 0.783. The van der Waals surface area contributed by atoms with E-state index in [2.05, 4.69) is 17.6 Å². The van der Waals surface area contributed by atoms with E-state index in [9.17, 15) is 9.59 Å². The summed E-state index contributed by atoms with van der Waals surface area (Å²) < 4.78 is 1.69. The fourth-order valence-corrected chi connectivity index (χ4v) is 3.34. The molecule has 0 aromatic carbocycles. The summed E-state index contributed by atoms with van der Waals surface area (Å²) in [6.07, 6.45) is 2.21. The molecule has 0 amide bonds. The van der Waals surface area contributed by atoms with Crippen molar-refractivity contribution in [1.29, 1.82) is 0 Å². The Morgan fingerprint density at radius 3 is 2.88 bits per heavy atom. The van der Waals surface area contributed by atoms with Crippen LogP contribution in [0.15, 0.2) is 21.0 Å². The van der Waals surface area contributed by atoms with Gasteiger partial charge in [0.1, 0.15) is 4.83 Å². The van der Waals surface area contributed by atoms with Gasteiger partial charge in [-0.25, -0.2) is 4.79 Å². The summed E-state index contributed by atoms with van der Waals surface area (Å²) in [5.41, 5.74) is -0.446. The summed E-state index contributed by atoms with van der Waals surface area (Å²) in [6.45, 7) is 0.656. The molecule has 6 heteroatoms. The van der Waals surface area contributed by atoms with Gasteiger partial charge in [0, 0.05) is 6.54 Å². The van der Waals surface area contributed by atoms with Crippen LogP contribution < -0.4 is 11.2 Å². The predicted octanol–water partition coefficient (Wildman–Crippen LogP) is 1.46. The highest BCUT2D eigenvalue weighted by Gasteiger charge is 2.42. The monoisotopic (exact) mass is 268 g/mol. The van der Waals surface area contributed by atoms with Crippen molar-refractivity contribution in [3.63, 3.8) is 0 Å². The highest BCUT2D eigenvalue weighted by atomic mass is 32.1. The first-order valence-electron chi connectivity index (χ1n) is 5.46. The topological polar surface area (TPSA) is 54.9 Å². The minimum Gasteiger partial charge on any atom is -0.284 e. The number of hydrogen-bond acceptors (Lipinski definition) is 4. The number of hydrogen-bond donors (Lipinski definition) is 2. The van der Waals surface area contributed by atoms with Gasteiger partial charge in [0.25, 0.3) is 5.56 Å². The molecule has 1 aliphatic rings. The molecule has 0 spiro atoms. The van der Waals surface area contributed by atoms with E-state index in [-0.39, 0.29) is 16.7 Å². The SMILES string of the molecule is O=c1[nH]c(=O)n(CC2(CS)CC2)c2sccc12. The van der Waals surface area contributed by atoms with Crippen LogP contribution in [-0.4, -0.2) is 15.3 Å². The van der Waals surface area contributed by atoms with Crippen molar-refractivity contribution in [2.45, 2.75) is 19.4 Å². The van der Waals surface area contributed by atoms with Gasteiger partial charge in [-0.3, -0.25) is 14.3 Å². The van der Waals surface area contributed by atoms with Crippen molar-refractivity contribution < 1.29 is 0 Å². The zero-order chi connectivity index (χ0) is 12.0. The van der Waals surface area contributed by atoms with Gasteiger partial charge in [-0.1, -0.05) is 0 Å². The molecule has 1 fully saturated rings. The lowest BCUT2D eigenvalue weighted by molar-refractivity contribution is 0.470. The van der Waals surface area contributed by atoms with E-state index < -0.39 is 0 Å². The molecule has 2 aromatic rings. The maximum Gasteiger partial charge on any atom is 0.329 e. The normalized spacial score (nSPS) is 17.5. The van der Waals surface area contributed by atoms with Gasteiger partial charge < -0.3 is 0 Å². The zero-order valence-electron chi connectivity index (χ0n) is 9.10. The van der Waals surface area contributed by atoms with Crippen LogP contribution >= 0.6 is 24.0 Å². The van der Waals surface area contributed by atoms with Crippen molar-refractivity contribution in [2.75, 3.05) is 5.75 Å². The van der Waals surface area contributed by atoms with Crippen LogP contribution in [0, 0.1) is 5.41 Å². The van der Waals surface area contributed by atoms with E-state index in [1.807, 2.05) is 5.38 Å². The lowest BCUT2D eigenvalue weighted by atomic mass is 10.1. The second-order valence-electron chi connectivity index (χ2n) is 4.64. The number of nitrogens with zero attached hydrogens (tertiary/aromatic N) is 1. The lowest BCUT2D eigenvalue weighted by Gasteiger charge is -2.14. The fraction of sp³-hybridized carbons (Fsp3) is 0.455. The maximum absolute atomic E-state index is 11.9. The number of aromatic amines is 1. The summed E-state index contributed by atoms with van der Waals surface area (Å²) >= 11 is 5.78. The van der Waals surface area contributed by atoms with Crippen LogP contribution in [0.4, 0.5) is 0 Å². The molecule has 1 saturated carbocycles. The number of thiol groups is 1. The van der Waals surface area contributed by atoms with E-state index in [0.29, 0.717) is 11.9 Å². The Morgan fingerprint density at radius 2 is 2.24 bits per heavy atom. The van der Waals surface area contributed by atoms with Crippen LogP contribution in [0.3, 0.4) is 0 Å². The lowest BCUT2D eigenvalue weighted by Crippen LogP contribution is -2.32. The van der Waals surface area contributed by atoms with E-state index in [1.165, 1.54) is 11.3 Å². The van der Waals surface area contributed by atoms with Crippen LogP contribution in [-0.2, 0) is 6.54 Å². The zero-order valence-corrected chi connectivity index (χ0v) is 10.8. The molecule has 0 radical (unpaired) electrons. The highest BCUT2D eigenvalue weighted by molar-refractivity contribution is 7.80. The van der Waals surface area contributed by atoms with Crippen molar-refractivity contribution >= 4 is 34.2 Å². The average molecular weight is 268 g/mol. The molecule has 17 heavy (non-hydrogen) atoms. The van der Waals surface area contributed by atoms with Crippen LogP contribution in [0.1, 0.15) is 12.8 Å². The fourth-order valence-electron chi connectivity index (χ4n) is 2.03. The Kier molecular flexibility index (Phi) is 2.45. The second-order valence-corrected chi connectivity index (χ2v) is 5.85. The quantitative estimate of drug-likeness (QED) is 0.828. The molecule has 1 aliphatic carbocycles. The summed E-state index contributed by atoms with van der Waals surface area (Å²) in [6, 6.07) is 1.76. The molecule has 0 bridgehead atoms. The second kappa shape index (κ2) is 3.74. The Morgan fingerprint density at radius 1 is 1.47 bits per heavy atom. The minimum atomic E-state index is -0.307. The van der Waals surface area contributed by atoms with Gasteiger partial charge in [0.2, 0.25) is 0 Å². The van der Waals surface area contributed by atoms with Gasteiger partial charge in [0.15, 0.2) is 0 Å². The van der Waals surface area contributed by atoms with Gasteiger partial charge in [0.05, 0.1) is 5.39 Å². The first-order chi connectivity index (χ1) is 8.15. The van der Waals surface area contributed by atoms with Crippen molar-refractivity contribution in [3.05, 3.63) is 32.3 Å². The smallest absolute Gasteiger partial charge is 0.284 e. The molecule has 0 atom stereocenters. The number of aromatic nitrogens is 2. The number of H-pyrrole nitrogens is 1. The Labute approximate surface area is 107 Å².